The summed E-state index contributed by atoms with van der Waals surface area (Å²) in [6, 6.07) is 7.90. The smallest absolute Gasteiger partial charge is 0.248 e. The van der Waals surface area contributed by atoms with Crippen LogP contribution in [0.2, 0.25) is 0 Å². The van der Waals surface area contributed by atoms with Crippen molar-refractivity contribution in [3.63, 3.8) is 0 Å². The highest BCUT2D eigenvalue weighted by atomic mass is 16.3. The van der Waals surface area contributed by atoms with Crippen LogP contribution in [0.15, 0.2) is 24.3 Å². The second-order valence-electron chi connectivity index (χ2n) is 3.33. The molecule has 0 bridgehead atoms. The van der Waals surface area contributed by atoms with Gasteiger partial charge in [0.05, 0.1) is 0 Å². The molecular weight excluding hydrogens is 178 g/mol. The quantitative estimate of drug-likeness (QED) is 0.776. The van der Waals surface area contributed by atoms with Gasteiger partial charge in [-0.15, -0.1) is 0 Å². The van der Waals surface area contributed by atoms with Crippen LogP contribution in [0.5, 0.6) is 0 Å². The Morgan fingerprint density at radius 3 is 2.64 bits per heavy atom. The molecule has 3 heteroatoms. The van der Waals surface area contributed by atoms with Gasteiger partial charge in [-0.3, -0.25) is 4.79 Å². The van der Waals surface area contributed by atoms with Crippen LogP contribution in [0.1, 0.15) is 11.1 Å². The molecule has 0 unspecified atom stereocenters. The van der Waals surface area contributed by atoms with Crippen LogP contribution in [-0.2, 0) is 11.3 Å². The largest absolute Gasteiger partial charge is 0.387 e. The summed E-state index contributed by atoms with van der Waals surface area (Å²) in [5.41, 5.74) is 2.27. The van der Waals surface area contributed by atoms with Crippen molar-refractivity contribution >= 4 is 5.91 Å². The van der Waals surface area contributed by atoms with Crippen LogP contribution in [0, 0.1) is 6.92 Å². The third-order valence-corrected chi connectivity index (χ3v) is 2.23. The molecule has 0 saturated heterocycles. The molecule has 0 atom stereocenters. The Balaban J connectivity index is 2.69. The fourth-order valence-corrected chi connectivity index (χ4v) is 1.25. The first-order valence-electron chi connectivity index (χ1n) is 4.54. The number of likely N-dealkylation sites (N-methyl/N-ethyl adjacent to an activating group) is 1. The van der Waals surface area contributed by atoms with Gasteiger partial charge in [-0.2, -0.15) is 0 Å². The van der Waals surface area contributed by atoms with Crippen molar-refractivity contribution in [3.8, 4) is 0 Å². The molecule has 1 aromatic carbocycles. The summed E-state index contributed by atoms with van der Waals surface area (Å²) in [5, 5.41) is 8.66. The summed E-state index contributed by atoms with van der Waals surface area (Å²) < 4.78 is 0. The Hall–Kier alpha value is -1.35. The van der Waals surface area contributed by atoms with E-state index in [4.69, 9.17) is 5.11 Å². The highest BCUT2D eigenvalue weighted by molar-refractivity contribution is 5.76. The van der Waals surface area contributed by atoms with Crippen molar-refractivity contribution in [1.29, 1.82) is 0 Å². The zero-order chi connectivity index (χ0) is 10.6. The molecule has 1 amide bonds. The number of rotatable bonds is 3. The van der Waals surface area contributed by atoms with E-state index in [9.17, 15) is 4.79 Å². The summed E-state index contributed by atoms with van der Waals surface area (Å²) in [6.45, 7) is 2.13. The van der Waals surface area contributed by atoms with E-state index >= 15 is 0 Å². The standard InChI is InChI=1S/C11H15NO2/c1-9-5-3-4-6-10(9)7-12(2)11(14)8-13/h3-6,13H,7-8H2,1-2H3. The molecule has 0 fully saturated rings. The minimum Gasteiger partial charge on any atom is -0.387 e. The maximum Gasteiger partial charge on any atom is 0.248 e. The van der Waals surface area contributed by atoms with Crippen LogP contribution in [0.3, 0.4) is 0 Å². The van der Waals surface area contributed by atoms with Crippen molar-refractivity contribution in [2.75, 3.05) is 13.7 Å². The van der Waals surface area contributed by atoms with Gasteiger partial charge in [0.25, 0.3) is 0 Å². The highest BCUT2D eigenvalue weighted by Crippen LogP contribution is 2.09. The van der Waals surface area contributed by atoms with Gasteiger partial charge in [-0.05, 0) is 18.1 Å². The molecule has 1 N–H and O–H groups in total. The second kappa shape index (κ2) is 4.77. The van der Waals surface area contributed by atoms with Gasteiger partial charge in [-0.25, -0.2) is 0 Å². The van der Waals surface area contributed by atoms with Crippen molar-refractivity contribution in [3.05, 3.63) is 35.4 Å². The molecule has 0 radical (unpaired) electrons. The molecule has 76 valence electrons. The molecule has 0 aromatic heterocycles. The Kier molecular flexibility index (Phi) is 3.65. The summed E-state index contributed by atoms with van der Waals surface area (Å²) in [7, 11) is 1.69. The topological polar surface area (TPSA) is 40.5 Å². The van der Waals surface area contributed by atoms with E-state index in [0.717, 1.165) is 11.1 Å². The fourth-order valence-electron chi connectivity index (χ4n) is 1.25. The van der Waals surface area contributed by atoms with Gasteiger partial charge in [0.15, 0.2) is 0 Å². The first-order chi connectivity index (χ1) is 6.65. The van der Waals surface area contributed by atoms with E-state index < -0.39 is 6.61 Å². The molecule has 0 aliphatic rings. The number of hydrogen-bond donors (Lipinski definition) is 1. The number of carbonyl (C=O) groups is 1. The number of nitrogens with zero attached hydrogens (tertiary/aromatic N) is 1. The van der Waals surface area contributed by atoms with Gasteiger partial charge in [0.1, 0.15) is 6.61 Å². The third kappa shape index (κ3) is 2.57. The Morgan fingerprint density at radius 1 is 1.43 bits per heavy atom. The predicted octanol–water partition coefficient (Wildman–Crippen LogP) is 0.946. The van der Waals surface area contributed by atoms with Crippen molar-refractivity contribution < 1.29 is 9.90 Å². The summed E-state index contributed by atoms with van der Waals surface area (Å²) in [4.78, 5) is 12.6. The minimum atomic E-state index is -0.428. The summed E-state index contributed by atoms with van der Waals surface area (Å²) in [6.07, 6.45) is 0. The van der Waals surface area contributed by atoms with Gasteiger partial charge >= 0.3 is 0 Å². The molecule has 1 aromatic rings. The molecular formula is C11H15NO2. The molecule has 3 nitrogen and oxygen atoms in total. The third-order valence-electron chi connectivity index (χ3n) is 2.23. The number of amides is 1. The lowest BCUT2D eigenvalue weighted by Gasteiger charge is -2.17. The average molecular weight is 193 g/mol. The van der Waals surface area contributed by atoms with Gasteiger partial charge in [0, 0.05) is 13.6 Å². The van der Waals surface area contributed by atoms with E-state index in [-0.39, 0.29) is 5.91 Å². The van der Waals surface area contributed by atoms with Crippen LogP contribution in [-0.4, -0.2) is 29.6 Å². The Labute approximate surface area is 84.0 Å². The summed E-state index contributed by atoms with van der Waals surface area (Å²) in [5.74, 6) is -0.256. The number of hydrogen-bond acceptors (Lipinski definition) is 2. The molecule has 0 saturated carbocycles. The molecule has 0 spiro atoms. The maximum atomic E-state index is 11.1. The first-order valence-corrected chi connectivity index (χ1v) is 4.54. The van der Waals surface area contributed by atoms with E-state index in [2.05, 4.69) is 0 Å². The lowest BCUT2D eigenvalue weighted by atomic mass is 10.1. The van der Waals surface area contributed by atoms with Gasteiger partial charge < -0.3 is 10.0 Å². The van der Waals surface area contributed by atoms with E-state index in [1.54, 1.807) is 7.05 Å². The monoisotopic (exact) mass is 193 g/mol. The first kappa shape index (κ1) is 10.7. The molecule has 0 aliphatic carbocycles. The van der Waals surface area contributed by atoms with E-state index in [1.165, 1.54) is 4.90 Å². The molecule has 0 heterocycles. The van der Waals surface area contributed by atoms with Gasteiger partial charge in [0.2, 0.25) is 5.91 Å². The van der Waals surface area contributed by atoms with Crippen LogP contribution < -0.4 is 0 Å². The minimum absolute atomic E-state index is 0.256. The van der Waals surface area contributed by atoms with Crippen molar-refractivity contribution in [1.82, 2.24) is 4.90 Å². The normalized spacial score (nSPS) is 9.93. The molecule has 1 rings (SSSR count). The summed E-state index contributed by atoms with van der Waals surface area (Å²) >= 11 is 0. The number of aliphatic hydroxyl groups excluding tert-OH is 1. The fraction of sp³-hybridized carbons (Fsp3) is 0.364. The average Bonchev–Trinajstić information content (AvgIpc) is 2.20. The van der Waals surface area contributed by atoms with Gasteiger partial charge in [-0.1, -0.05) is 24.3 Å². The number of carbonyl (C=O) groups excluding carboxylic acids is 1. The zero-order valence-corrected chi connectivity index (χ0v) is 8.53. The van der Waals surface area contributed by atoms with Crippen LogP contribution in [0.4, 0.5) is 0 Å². The van der Waals surface area contributed by atoms with Crippen LogP contribution >= 0.6 is 0 Å². The van der Waals surface area contributed by atoms with E-state index in [1.807, 2.05) is 31.2 Å². The lowest BCUT2D eigenvalue weighted by molar-refractivity contribution is -0.133. The Morgan fingerprint density at radius 2 is 2.07 bits per heavy atom. The number of aryl methyl sites for hydroxylation is 1. The predicted molar refractivity (Wildman–Crippen MR) is 54.7 cm³/mol. The van der Waals surface area contributed by atoms with Crippen LogP contribution in [0.25, 0.3) is 0 Å². The van der Waals surface area contributed by atoms with E-state index in [0.29, 0.717) is 6.54 Å². The highest BCUT2D eigenvalue weighted by Gasteiger charge is 2.07. The zero-order valence-electron chi connectivity index (χ0n) is 8.53. The second-order valence-corrected chi connectivity index (χ2v) is 3.33. The maximum absolute atomic E-state index is 11.1. The van der Waals surface area contributed by atoms with Crippen molar-refractivity contribution in [2.45, 2.75) is 13.5 Å². The Bertz CT molecular complexity index is 323. The number of benzene rings is 1. The number of aliphatic hydroxyl groups is 1. The van der Waals surface area contributed by atoms with Crippen molar-refractivity contribution in [2.24, 2.45) is 0 Å². The molecule has 0 aliphatic heterocycles. The molecule has 14 heavy (non-hydrogen) atoms. The SMILES string of the molecule is Cc1ccccc1CN(C)C(=O)CO. The lowest BCUT2D eigenvalue weighted by Crippen LogP contribution is -2.28.